The van der Waals surface area contributed by atoms with Crippen molar-refractivity contribution in [1.82, 2.24) is 14.9 Å². The maximum absolute atomic E-state index is 12.1. The van der Waals surface area contributed by atoms with Crippen molar-refractivity contribution in [3.8, 4) is 11.3 Å². The van der Waals surface area contributed by atoms with Crippen molar-refractivity contribution in [1.29, 1.82) is 0 Å². The largest absolute Gasteiger partial charge is 0.444 e. The summed E-state index contributed by atoms with van der Waals surface area (Å²) in [6.45, 7) is 11.2. The van der Waals surface area contributed by atoms with E-state index in [1.54, 1.807) is 4.90 Å². The van der Waals surface area contributed by atoms with Crippen LogP contribution in [0.4, 0.5) is 10.7 Å². The Morgan fingerprint density at radius 3 is 2.63 bits per heavy atom. The summed E-state index contributed by atoms with van der Waals surface area (Å²) in [5, 5.41) is 0. The van der Waals surface area contributed by atoms with Gasteiger partial charge >= 0.3 is 6.09 Å². The zero-order valence-corrected chi connectivity index (χ0v) is 16.7. The predicted octanol–water partition coefficient (Wildman–Crippen LogP) is 3.75. The lowest BCUT2D eigenvalue weighted by Crippen LogP contribution is -2.52. The number of carbonyl (C=O) groups excluding carboxylic acids is 1. The van der Waals surface area contributed by atoms with E-state index in [9.17, 15) is 4.79 Å². The summed E-state index contributed by atoms with van der Waals surface area (Å²) in [4.78, 5) is 22.6. The minimum absolute atomic E-state index is 0.253. The van der Waals surface area contributed by atoms with Crippen LogP contribution >= 0.6 is 0 Å². The second-order valence-corrected chi connectivity index (χ2v) is 8.31. The fourth-order valence-corrected chi connectivity index (χ4v) is 3.26. The van der Waals surface area contributed by atoms with Crippen LogP contribution < -0.4 is 5.73 Å². The van der Waals surface area contributed by atoms with Crippen LogP contribution in [0.1, 0.15) is 37.6 Å². The molecule has 0 aliphatic carbocycles. The fraction of sp³-hybridized carbons (Fsp3) is 0.476. The SMILES string of the molecule is Cc1cccc(-c2cc(CC3CN(C(=O)OC(C)(C)C)C3)nc(N)n2)c1C. The van der Waals surface area contributed by atoms with Crippen LogP contribution in [-0.4, -0.2) is 39.7 Å². The van der Waals surface area contributed by atoms with Gasteiger partial charge in [0.2, 0.25) is 5.95 Å². The molecule has 1 aliphatic heterocycles. The van der Waals surface area contributed by atoms with Gasteiger partial charge in [0.1, 0.15) is 5.60 Å². The van der Waals surface area contributed by atoms with Crippen molar-refractivity contribution in [2.24, 2.45) is 5.92 Å². The number of carbonyl (C=O) groups is 1. The molecule has 6 nitrogen and oxygen atoms in total. The minimum atomic E-state index is -0.468. The summed E-state index contributed by atoms with van der Waals surface area (Å²) in [7, 11) is 0. The third-order valence-corrected chi connectivity index (χ3v) is 4.78. The van der Waals surface area contributed by atoms with Gasteiger partial charge in [0.25, 0.3) is 0 Å². The highest BCUT2D eigenvalue weighted by Crippen LogP contribution is 2.27. The van der Waals surface area contributed by atoms with Crippen molar-refractivity contribution in [2.75, 3.05) is 18.8 Å². The first-order chi connectivity index (χ1) is 12.6. The van der Waals surface area contributed by atoms with Gasteiger partial charge in [-0.2, -0.15) is 0 Å². The van der Waals surface area contributed by atoms with Gasteiger partial charge in [-0.05, 0) is 64.2 Å². The molecule has 3 rings (SSSR count). The minimum Gasteiger partial charge on any atom is -0.444 e. The summed E-state index contributed by atoms with van der Waals surface area (Å²) in [6, 6.07) is 8.18. The molecule has 27 heavy (non-hydrogen) atoms. The van der Waals surface area contributed by atoms with E-state index in [1.807, 2.05) is 32.9 Å². The molecule has 1 amide bonds. The van der Waals surface area contributed by atoms with E-state index in [1.165, 1.54) is 11.1 Å². The van der Waals surface area contributed by atoms with Crippen LogP contribution in [0.5, 0.6) is 0 Å². The summed E-state index contributed by atoms with van der Waals surface area (Å²) in [5.41, 5.74) is 10.7. The lowest BCUT2D eigenvalue weighted by atomic mass is 9.94. The third-order valence-electron chi connectivity index (χ3n) is 4.78. The van der Waals surface area contributed by atoms with E-state index < -0.39 is 5.60 Å². The number of ether oxygens (including phenoxy) is 1. The Morgan fingerprint density at radius 1 is 1.26 bits per heavy atom. The van der Waals surface area contributed by atoms with E-state index in [4.69, 9.17) is 10.5 Å². The van der Waals surface area contributed by atoms with Gasteiger partial charge < -0.3 is 15.4 Å². The molecule has 6 heteroatoms. The van der Waals surface area contributed by atoms with E-state index in [0.29, 0.717) is 19.0 Å². The van der Waals surface area contributed by atoms with E-state index >= 15 is 0 Å². The van der Waals surface area contributed by atoms with E-state index in [-0.39, 0.29) is 12.0 Å². The quantitative estimate of drug-likeness (QED) is 0.892. The van der Waals surface area contributed by atoms with E-state index in [0.717, 1.165) is 23.4 Å². The van der Waals surface area contributed by atoms with Crippen LogP contribution in [0.15, 0.2) is 24.3 Å². The zero-order valence-electron chi connectivity index (χ0n) is 16.7. The number of anilines is 1. The lowest BCUT2D eigenvalue weighted by molar-refractivity contribution is -0.00101. The molecule has 0 saturated carbocycles. The van der Waals surface area contributed by atoms with Crippen LogP contribution in [0, 0.1) is 19.8 Å². The van der Waals surface area contributed by atoms with Gasteiger partial charge in [-0.1, -0.05) is 18.2 Å². The molecule has 1 aromatic heterocycles. The summed E-state index contributed by atoms with van der Waals surface area (Å²) in [5.74, 6) is 0.644. The van der Waals surface area contributed by atoms with Gasteiger partial charge in [0.05, 0.1) is 5.69 Å². The van der Waals surface area contributed by atoms with Gasteiger partial charge in [-0.15, -0.1) is 0 Å². The molecule has 0 unspecified atom stereocenters. The first kappa shape index (κ1) is 19.1. The zero-order chi connectivity index (χ0) is 19.8. The molecular formula is C21H28N4O2. The summed E-state index contributed by atoms with van der Waals surface area (Å²) >= 11 is 0. The Hall–Kier alpha value is -2.63. The monoisotopic (exact) mass is 368 g/mol. The number of nitrogens with zero attached hydrogens (tertiary/aromatic N) is 3. The normalized spacial score (nSPS) is 14.8. The Bertz CT molecular complexity index is 852. The van der Waals surface area contributed by atoms with Crippen molar-refractivity contribution in [3.63, 3.8) is 0 Å². The molecule has 0 atom stereocenters. The topological polar surface area (TPSA) is 81.3 Å². The van der Waals surface area contributed by atoms with Crippen molar-refractivity contribution in [3.05, 3.63) is 41.1 Å². The molecule has 1 aliphatic rings. The number of nitrogen functional groups attached to an aromatic ring is 1. The van der Waals surface area contributed by atoms with E-state index in [2.05, 4.69) is 35.9 Å². The Labute approximate surface area is 160 Å². The molecular weight excluding hydrogens is 340 g/mol. The third kappa shape index (κ3) is 4.56. The number of hydrogen-bond acceptors (Lipinski definition) is 5. The molecule has 2 heterocycles. The van der Waals surface area contributed by atoms with Gasteiger partial charge in [-0.25, -0.2) is 14.8 Å². The predicted molar refractivity (Wildman–Crippen MR) is 106 cm³/mol. The molecule has 0 bridgehead atoms. The Morgan fingerprint density at radius 2 is 1.96 bits per heavy atom. The van der Waals surface area contributed by atoms with Gasteiger partial charge in [-0.3, -0.25) is 0 Å². The van der Waals surface area contributed by atoms with Gasteiger partial charge in [0.15, 0.2) is 0 Å². The highest BCUT2D eigenvalue weighted by atomic mass is 16.6. The number of rotatable bonds is 3. The van der Waals surface area contributed by atoms with Crippen molar-refractivity contribution < 1.29 is 9.53 Å². The highest BCUT2D eigenvalue weighted by molar-refractivity contribution is 5.69. The molecule has 1 aromatic carbocycles. The standard InChI is InChI=1S/C21H28N4O2/c1-13-7-6-8-17(14(13)2)18-10-16(23-19(22)24-18)9-15-11-25(12-15)20(26)27-21(3,4)5/h6-8,10,15H,9,11-12H2,1-5H3,(H2,22,23,24). The number of aromatic nitrogens is 2. The molecule has 0 radical (unpaired) electrons. The number of nitrogens with two attached hydrogens (primary N) is 1. The average Bonchev–Trinajstić information content (AvgIpc) is 2.50. The van der Waals surface area contributed by atoms with Crippen molar-refractivity contribution in [2.45, 2.75) is 46.6 Å². The smallest absolute Gasteiger partial charge is 0.410 e. The Kier molecular flexibility index (Phi) is 5.09. The Balaban J connectivity index is 1.68. The molecule has 0 spiro atoms. The highest BCUT2D eigenvalue weighted by Gasteiger charge is 2.34. The molecule has 144 valence electrons. The summed E-state index contributed by atoms with van der Waals surface area (Å²) in [6.07, 6.45) is 0.515. The number of amides is 1. The van der Waals surface area contributed by atoms with Crippen molar-refractivity contribution >= 4 is 12.0 Å². The fourth-order valence-electron chi connectivity index (χ4n) is 3.26. The molecule has 1 fully saturated rings. The number of aryl methyl sites for hydroxylation is 1. The van der Waals surface area contributed by atoms with Crippen LogP contribution in [0.25, 0.3) is 11.3 Å². The average molecular weight is 368 g/mol. The number of benzene rings is 1. The lowest BCUT2D eigenvalue weighted by Gasteiger charge is -2.39. The second kappa shape index (κ2) is 7.18. The molecule has 1 saturated heterocycles. The maximum atomic E-state index is 12.1. The van der Waals surface area contributed by atoms with Gasteiger partial charge in [0, 0.05) is 24.3 Å². The first-order valence-corrected chi connectivity index (χ1v) is 9.30. The maximum Gasteiger partial charge on any atom is 0.410 e. The van der Waals surface area contributed by atoms with Crippen LogP contribution in [0.2, 0.25) is 0 Å². The first-order valence-electron chi connectivity index (χ1n) is 9.30. The second-order valence-electron chi connectivity index (χ2n) is 8.31. The molecule has 2 N–H and O–H groups in total. The summed E-state index contributed by atoms with van der Waals surface area (Å²) < 4.78 is 5.40. The number of likely N-dealkylation sites (tertiary alicyclic amines) is 1. The molecule has 2 aromatic rings. The number of hydrogen-bond donors (Lipinski definition) is 1. The van der Waals surface area contributed by atoms with Crippen LogP contribution in [0.3, 0.4) is 0 Å². The van der Waals surface area contributed by atoms with Crippen LogP contribution in [-0.2, 0) is 11.2 Å².